The highest BCUT2D eigenvalue weighted by atomic mass is 16.5. The molecule has 0 radical (unpaired) electrons. The van der Waals surface area contributed by atoms with E-state index in [4.69, 9.17) is 9.84 Å². The molecule has 2 atom stereocenters. The Labute approximate surface area is 339 Å². The van der Waals surface area contributed by atoms with Gasteiger partial charge in [-0.05, 0) is 132 Å². The first-order chi connectivity index (χ1) is 28.2. The lowest BCUT2D eigenvalue weighted by atomic mass is 9.57. The molecule has 9 rings (SSSR count). The van der Waals surface area contributed by atoms with E-state index in [0.717, 1.165) is 60.9 Å². The largest absolute Gasteiger partial charge is 0.494 e. The number of carbonyl (C=O) groups is 5. The van der Waals surface area contributed by atoms with Gasteiger partial charge in [0.2, 0.25) is 17.7 Å². The fourth-order valence-electron chi connectivity index (χ4n) is 10.8. The van der Waals surface area contributed by atoms with Crippen LogP contribution in [0.5, 0.6) is 5.75 Å². The number of amides is 5. The molecular weight excluding hydrogens is 737 g/mol. The molecule has 2 saturated carbocycles. The summed E-state index contributed by atoms with van der Waals surface area (Å²) < 4.78 is 7.80. The number of nitrogens with zero attached hydrogens (tertiary/aromatic N) is 4. The molecular formula is C44H56N8O6. The van der Waals surface area contributed by atoms with Gasteiger partial charge in [-0.1, -0.05) is 12.5 Å². The summed E-state index contributed by atoms with van der Waals surface area (Å²) in [6.45, 7) is 5.11. The van der Waals surface area contributed by atoms with Crippen LogP contribution in [0, 0.1) is 17.3 Å². The van der Waals surface area contributed by atoms with Gasteiger partial charge < -0.3 is 25.6 Å². The standard InChI is InChI=1S/C44H56N8O6/c1-58-37-22-34-29(21-35(37)47-40(54)33-6-2-3-17-45-33)26-51(49-34)30-10-8-27(9-11-30)25-50-19-15-44(16-20-50)23-28(24-44)14-18-46-32-7-4-5-31-39(32)43(57)52(42(31)56)36-12-13-38(53)48-41(36)55/h4-5,7,21-22,26-28,30,33,36,45-46H,2-3,6,8-20,23-25H2,1H3,(H,47,54)(H,48,53,55)/t27?,30?,33-,36?/m0/s1. The van der Waals surface area contributed by atoms with Gasteiger partial charge in [0, 0.05) is 42.8 Å². The van der Waals surface area contributed by atoms with Crippen LogP contribution in [0.15, 0.2) is 36.5 Å². The number of nitrogens with one attached hydrogen (secondary N) is 4. The smallest absolute Gasteiger partial charge is 0.264 e. The maximum absolute atomic E-state index is 13.4. The van der Waals surface area contributed by atoms with Crippen molar-refractivity contribution in [3.8, 4) is 5.75 Å². The Bertz CT molecular complexity index is 2090. The summed E-state index contributed by atoms with van der Waals surface area (Å²) in [4.78, 5) is 67.4. The molecule has 5 fully saturated rings. The highest BCUT2D eigenvalue weighted by Gasteiger charge is 2.47. The number of benzene rings is 2. The molecule has 2 aliphatic carbocycles. The Morgan fingerprint density at radius 3 is 2.50 bits per heavy atom. The van der Waals surface area contributed by atoms with Gasteiger partial charge in [0.25, 0.3) is 11.8 Å². The molecule has 0 bridgehead atoms. The number of hydrogen-bond donors (Lipinski definition) is 4. The third-order valence-corrected chi connectivity index (χ3v) is 14.1. The summed E-state index contributed by atoms with van der Waals surface area (Å²) >= 11 is 0. The van der Waals surface area contributed by atoms with Gasteiger partial charge in [-0.3, -0.25) is 38.9 Å². The minimum absolute atomic E-state index is 0.00925. The van der Waals surface area contributed by atoms with Gasteiger partial charge in [0.1, 0.15) is 11.8 Å². The van der Waals surface area contributed by atoms with Crippen molar-refractivity contribution < 1.29 is 28.7 Å². The Morgan fingerprint density at radius 2 is 1.76 bits per heavy atom. The monoisotopic (exact) mass is 792 g/mol. The quantitative estimate of drug-likeness (QED) is 0.188. The Hall–Kier alpha value is -4.82. The third kappa shape index (κ3) is 7.60. The number of ether oxygens (including phenoxy) is 1. The molecule has 1 aromatic heterocycles. The summed E-state index contributed by atoms with van der Waals surface area (Å²) in [7, 11) is 1.64. The Balaban J connectivity index is 0.707. The molecule has 5 heterocycles. The van der Waals surface area contributed by atoms with Gasteiger partial charge >= 0.3 is 0 Å². The Morgan fingerprint density at radius 1 is 0.948 bits per heavy atom. The highest BCUT2D eigenvalue weighted by Crippen LogP contribution is 2.54. The average Bonchev–Trinajstić information content (AvgIpc) is 3.75. The normalized spacial score (nSPS) is 26.4. The van der Waals surface area contributed by atoms with Gasteiger partial charge in [0.05, 0.1) is 41.5 Å². The van der Waals surface area contributed by atoms with E-state index in [9.17, 15) is 24.0 Å². The molecule has 3 saturated heterocycles. The molecule has 1 spiro atoms. The van der Waals surface area contributed by atoms with Crippen LogP contribution in [-0.2, 0) is 14.4 Å². The summed E-state index contributed by atoms with van der Waals surface area (Å²) in [5, 5.41) is 18.1. The molecule has 5 amide bonds. The van der Waals surface area contributed by atoms with E-state index in [1.807, 2.05) is 18.2 Å². The van der Waals surface area contributed by atoms with Crippen molar-refractivity contribution in [2.75, 3.05) is 50.5 Å². The zero-order chi connectivity index (χ0) is 40.0. The number of imide groups is 2. The van der Waals surface area contributed by atoms with Crippen LogP contribution in [0.4, 0.5) is 11.4 Å². The summed E-state index contributed by atoms with van der Waals surface area (Å²) in [5.74, 6) is 0.0538. The fourth-order valence-corrected chi connectivity index (χ4v) is 10.8. The van der Waals surface area contributed by atoms with Crippen molar-refractivity contribution in [1.29, 1.82) is 0 Å². The van der Waals surface area contributed by atoms with Crippen LogP contribution in [0.2, 0.25) is 0 Å². The zero-order valence-electron chi connectivity index (χ0n) is 33.5. The maximum Gasteiger partial charge on any atom is 0.264 e. The minimum atomic E-state index is -0.965. The number of likely N-dealkylation sites (tertiary alicyclic amines) is 1. The number of hydrogen-bond acceptors (Lipinski definition) is 10. The van der Waals surface area contributed by atoms with Crippen molar-refractivity contribution in [2.45, 2.75) is 108 Å². The minimum Gasteiger partial charge on any atom is -0.494 e. The van der Waals surface area contributed by atoms with Crippen LogP contribution < -0.4 is 26.0 Å². The van der Waals surface area contributed by atoms with Crippen LogP contribution in [0.1, 0.15) is 117 Å². The van der Waals surface area contributed by atoms with Gasteiger partial charge in [-0.25, -0.2) is 0 Å². The van der Waals surface area contributed by atoms with E-state index in [1.165, 1.54) is 58.2 Å². The van der Waals surface area contributed by atoms with Crippen LogP contribution in [-0.4, -0.2) is 101 Å². The molecule has 14 nitrogen and oxygen atoms in total. The number of fused-ring (bicyclic) bond motifs is 2. The van der Waals surface area contributed by atoms with E-state index in [2.05, 4.69) is 37.0 Å². The van der Waals surface area contributed by atoms with Crippen molar-refractivity contribution in [3.63, 3.8) is 0 Å². The molecule has 4 aliphatic heterocycles. The molecule has 2 aromatic carbocycles. The van der Waals surface area contributed by atoms with Crippen molar-refractivity contribution in [3.05, 3.63) is 47.7 Å². The molecule has 14 heteroatoms. The predicted molar refractivity (Wildman–Crippen MR) is 219 cm³/mol. The third-order valence-electron chi connectivity index (χ3n) is 14.1. The lowest BCUT2D eigenvalue weighted by Crippen LogP contribution is -2.54. The van der Waals surface area contributed by atoms with Gasteiger partial charge in [-0.2, -0.15) is 5.10 Å². The topological polar surface area (TPSA) is 167 Å². The number of rotatable bonds is 11. The van der Waals surface area contributed by atoms with E-state index in [0.29, 0.717) is 58.1 Å². The fraction of sp³-hybridized carbons (Fsp3) is 0.591. The lowest BCUT2D eigenvalue weighted by molar-refractivity contribution is -0.136. The first-order valence-electron chi connectivity index (χ1n) is 21.6. The molecule has 1 unspecified atom stereocenters. The summed E-state index contributed by atoms with van der Waals surface area (Å²) in [5.41, 5.74) is 3.30. The second-order valence-electron chi connectivity index (χ2n) is 17.9. The average molecular weight is 793 g/mol. The van der Waals surface area contributed by atoms with E-state index < -0.39 is 23.8 Å². The molecule has 6 aliphatic rings. The zero-order valence-corrected chi connectivity index (χ0v) is 33.5. The second kappa shape index (κ2) is 16.1. The van der Waals surface area contributed by atoms with Crippen LogP contribution in [0.3, 0.4) is 0 Å². The molecule has 308 valence electrons. The molecule has 4 N–H and O–H groups in total. The number of anilines is 2. The number of methoxy groups -OCH3 is 1. The van der Waals surface area contributed by atoms with E-state index in [-0.39, 0.29) is 30.7 Å². The van der Waals surface area contributed by atoms with Crippen LogP contribution in [0.25, 0.3) is 10.9 Å². The summed E-state index contributed by atoms with van der Waals surface area (Å²) in [6.07, 6.45) is 16.1. The number of piperidine rings is 3. The second-order valence-corrected chi connectivity index (χ2v) is 17.9. The first-order valence-corrected chi connectivity index (χ1v) is 21.6. The predicted octanol–water partition coefficient (Wildman–Crippen LogP) is 5.25. The van der Waals surface area contributed by atoms with Crippen molar-refractivity contribution >= 4 is 51.8 Å². The number of aromatic nitrogens is 2. The molecule has 58 heavy (non-hydrogen) atoms. The van der Waals surface area contributed by atoms with Gasteiger partial charge in [0.15, 0.2) is 0 Å². The van der Waals surface area contributed by atoms with E-state index in [1.54, 1.807) is 19.2 Å². The maximum atomic E-state index is 13.4. The lowest BCUT2D eigenvalue weighted by Gasteiger charge is -2.53. The Kier molecular flexibility index (Phi) is 10.7. The SMILES string of the molecule is COc1cc2nn(C3CCC(CN4CCC5(CC4)CC(CCNc4cccc6c4C(=O)N(C4CCC(=O)NC4=O)C6=O)C5)CC3)cc2cc1NC(=O)[C@@H]1CCCCN1. The van der Waals surface area contributed by atoms with Crippen molar-refractivity contribution in [2.24, 2.45) is 17.3 Å². The van der Waals surface area contributed by atoms with Crippen molar-refractivity contribution in [1.82, 2.24) is 30.2 Å². The molecule has 3 aromatic rings. The van der Waals surface area contributed by atoms with Gasteiger partial charge in [-0.15, -0.1) is 0 Å². The summed E-state index contributed by atoms with van der Waals surface area (Å²) in [6, 6.07) is 8.42. The number of carbonyl (C=O) groups excluding carboxylic acids is 5. The van der Waals surface area contributed by atoms with Crippen LogP contribution >= 0.6 is 0 Å². The highest BCUT2D eigenvalue weighted by molar-refractivity contribution is 6.25. The van der Waals surface area contributed by atoms with E-state index >= 15 is 0 Å². The first kappa shape index (κ1) is 38.7.